The van der Waals surface area contributed by atoms with Crippen molar-refractivity contribution >= 4 is 32.8 Å². The predicted molar refractivity (Wildman–Crippen MR) is 110 cm³/mol. The Labute approximate surface area is 163 Å². The average molecular weight is 389 g/mol. The molecule has 2 amide bonds. The van der Waals surface area contributed by atoms with E-state index < -0.39 is 13.2 Å². The molecule has 0 atom stereocenters. The van der Waals surface area contributed by atoms with Crippen LogP contribution in [0.15, 0.2) is 0 Å². The molecule has 0 fully saturated rings. The zero-order valence-electron chi connectivity index (χ0n) is 16.4. The third-order valence-electron chi connectivity index (χ3n) is 4.37. The normalized spacial score (nSPS) is 10.5. The standard InChI is InChI=1S/C10H20NO.C9H18NO.Al.ClH/c1-2-3-4-5-6-7-8-9-11-10-12;1-2-3-4-5-6-7-8-10-9-11;;/h2-9H2,1H3,(H,11,12);2-8H2,1H3,(H,10,11);;1H/q;;+1;/p-1. The molecule has 0 aliphatic rings. The molecule has 6 heteroatoms. The van der Waals surface area contributed by atoms with E-state index in [9.17, 15) is 9.59 Å². The molecule has 0 heterocycles. The largest absolute Gasteiger partial charge is 0.642 e. The summed E-state index contributed by atoms with van der Waals surface area (Å²) in [6.07, 6.45) is 15.5. The van der Waals surface area contributed by atoms with Crippen LogP contribution in [0.5, 0.6) is 0 Å². The van der Waals surface area contributed by atoms with Crippen LogP contribution in [0.4, 0.5) is 9.59 Å². The molecule has 4 nitrogen and oxygen atoms in total. The lowest BCUT2D eigenvalue weighted by atomic mass is 10.1. The lowest BCUT2D eigenvalue weighted by Gasteiger charge is -2.09. The number of rotatable bonds is 17. The number of halogens is 1. The van der Waals surface area contributed by atoms with E-state index in [0.29, 0.717) is 13.1 Å². The van der Waals surface area contributed by atoms with Crippen molar-refractivity contribution in [3.63, 3.8) is 0 Å². The second-order valence-corrected chi connectivity index (χ2v) is 9.92. The molecule has 0 saturated carbocycles. The summed E-state index contributed by atoms with van der Waals surface area (Å²) in [5, 5.41) is 5.63. The van der Waals surface area contributed by atoms with Gasteiger partial charge in [0.05, 0.1) is 0 Å². The van der Waals surface area contributed by atoms with E-state index in [1.807, 2.05) is 0 Å². The van der Waals surface area contributed by atoms with Gasteiger partial charge in [-0.3, -0.25) is 9.59 Å². The lowest BCUT2D eigenvalue weighted by molar-refractivity contribution is 0.253. The van der Waals surface area contributed by atoms with Crippen LogP contribution >= 0.6 is 10.0 Å². The molecule has 0 saturated heterocycles. The molecular weight excluding hydrogens is 351 g/mol. The van der Waals surface area contributed by atoms with Gasteiger partial charge in [-0.05, 0) is 12.8 Å². The van der Waals surface area contributed by atoms with Gasteiger partial charge in [0, 0.05) is 13.1 Å². The predicted octanol–water partition coefficient (Wildman–Crippen LogP) is 5.91. The molecule has 0 bridgehead atoms. The molecular formula is C19H38AlClN2O2. The van der Waals surface area contributed by atoms with E-state index in [-0.39, 0.29) is 9.54 Å². The lowest BCUT2D eigenvalue weighted by Crippen LogP contribution is -2.45. The summed E-state index contributed by atoms with van der Waals surface area (Å²) in [7, 11) is 6.08. The Balaban J connectivity index is 3.57. The molecule has 0 aromatic carbocycles. The Morgan fingerprint density at radius 1 is 0.640 bits per heavy atom. The van der Waals surface area contributed by atoms with Crippen LogP contribution in [-0.4, -0.2) is 35.9 Å². The summed E-state index contributed by atoms with van der Waals surface area (Å²) in [6, 6.07) is 0. The molecule has 0 radical (unpaired) electrons. The van der Waals surface area contributed by atoms with E-state index in [4.69, 9.17) is 10.0 Å². The van der Waals surface area contributed by atoms with Gasteiger partial charge in [-0.15, -0.1) is 0 Å². The second kappa shape index (κ2) is 18.6. The van der Waals surface area contributed by atoms with Gasteiger partial charge in [-0.25, -0.2) is 10.0 Å². The first-order valence-corrected chi connectivity index (χ1v) is 13.2. The Hall–Kier alpha value is -0.238. The Morgan fingerprint density at radius 2 is 0.960 bits per heavy atom. The summed E-state index contributed by atoms with van der Waals surface area (Å²) < 4.78 is -0.486. The minimum Gasteiger partial charge on any atom is -0.370 e. The number of carbonyl (C=O) groups excluding carboxylic acids is 2. The fourth-order valence-electron chi connectivity index (χ4n) is 2.71. The van der Waals surface area contributed by atoms with Crippen molar-refractivity contribution in [3.8, 4) is 0 Å². The summed E-state index contributed by atoms with van der Waals surface area (Å²) in [6.45, 7) is 5.68. The molecule has 0 aromatic heterocycles. The highest BCUT2D eigenvalue weighted by Gasteiger charge is 2.35. The van der Waals surface area contributed by atoms with Crippen molar-refractivity contribution in [2.24, 2.45) is 0 Å². The zero-order chi connectivity index (χ0) is 18.8. The minimum absolute atomic E-state index is 0.243. The fraction of sp³-hybridized carbons (Fsp3) is 0.895. The quantitative estimate of drug-likeness (QED) is 0.240. The summed E-state index contributed by atoms with van der Waals surface area (Å²) in [4.78, 5) is 23.8. The van der Waals surface area contributed by atoms with E-state index in [1.165, 1.54) is 57.8 Å². The number of hydrogen-bond donors (Lipinski definition) is 2. The second-order valence-electron chi connectivity index (χ2n) is 6.83. The van der Waals surface area contributed by atoms with Gasteiger partial charge in [0.25, 0.3) is 0 Å². The first kappa shape index (κ1) is 24.8. The molecule has 0 aromatic rings. The van der Waals surface area contributed by atoms with Crippen molar-refractivity contribution in [1.82, 2.24) is 10.6 Å². The van der Waals surface area contributed by atoms with Gasteiger partial charge >= 0.3 is 13.2 Å². The Bertz CT molecular complexity index is 343. The average Bonchev–Trinajstić information content (AvgIpc) is 2.62. The first-order chi connectivity index (χ1) is 12.1. The monoisotopic (exact) mass is 388 g/mol. The maximum Gasteiger partial charge on any atom is 0.642 e. The van der Waals surface area contributed by atoms with Crippen molar-refractivity contribution in [2.45, 2.75) is 97.3 Å². The van der Waals surface area contributed by atoms with Crippen LogP contribution in [0.3, 0.4) is 0 Å². The van der Waals surface area contributed by atoms with E-state index in [0.717, 1.165) is 25.7 Å². The summed E-state index contributed by atoms with van der Waals surface area (Å²) in [5.41, 5.74) is 0. The van der Waals surface area contributed by atoms with Crippen LogP contribution in [0, 0.1) is 0 Å². The fourth-order valence-corrected chi connectivity index (χ4v) is 4.06. The maximum atomic E-state index is 11.9. The van der Waals surface area contributed by atoms with Crippen LogP contribution in [0.1, 0.15) is 97.3 Å². The third kappa shape index (κ3) is 15.7. The van der Waals surface area contributed by atoms with Gasteiger partial charge in [-0.2, -0.15) is 0 Å². The van der Waals surface area contributed by atoms with Crippen molar-refractivity contribution < 1.29 is 9.59 Å². The summed E-state index contributed by atoms with van der Waals surface area (Å²) in [5.74, 6) is 0. The van der Waals surface area contributed by atoms with Gasteiger partial charge in [0.2, 0.25) is 0 Å². The van der Waals surface area contributed by atoms with Crippen molar-refractivity contribution in [2.75, 3.05) is 13.1 Å². The minimum atomic E-state index is -2.56. The highest BCUT2D eigenvalue weighted by molar-refractivity contribution is 7.37. The van der Waals surface area contributed by atoms with E-state index in [2.05, 4.69) is 24.5 Å². The Morgan fingerprint density at radius 3 is 1.32 bits per heavy atom. The summed E-state index contributed by atoms with van der Waals surface area (Å²) >= 11 is -2.56. The number of unbranched alkanes of at least 4 members (excludes halogenated alkanes) is 11. The van der Waals surface area contributed by atoms with Crippen LogP contribution in [0.25, 0.3) is 0 Å². The molecule has 0 spiro atoms. The van der Waals surface area contributed by atoms with Crippen molar-refractivity contribution in [3.05, 3.63) is 0 Å². The third-order valence-corrected chi connectivity index (χ3v) is 6.89. The maximum absolute atomic E-state index is 11.9. The van der Waals surface area contributed by atoms with E-state index >= 15 is 0 Å². The zero-order valence-corrected chi connectivity index (χ0v) is 18.3. The molecule has 0 unspecified atom stereocenters. The molecule has 25 heavy (non-hydrogen) atoms. The van der Waals surface area contributed by atoms with Gasteiger partial charge in [0.15, 0.2) is 9.54 Å². The number of nitrogens with one attached hydrogen (secondary N) is 2. The highest BCUT2D eigenvalue weighted by atomic mass is 35.6. The Kier molecular flexibility index (Phi) is 18.4. The number of hydrogen-bond acceptors (Lipinski definition) is 2. The van der Waals surface area contributed by atoms with Crippen LogP contribution in [0.2, 0.25) is 0 Å². The molecule has 0 rings (SSSR count). The first-order valence-electron chi connectivity index (χ1n) is 10.3. The molecule has 2 N–H and O–H groups in total. The highest BCUT2D eigenvalue weighted by Crippen LogP contribution is 2.07. The van der Waals surface area contributed by atoms with Crippen LogP contribution < -0.4 is 10.6 Å². The van der Waals surface area contributed by atoms with Gasteiger partial charge < -0.3 is 10.6 Å². The van der Waals surface area contributed by atoms with Gasteiger partial charge in [-0.1, -0.05) is 84.5 Å². The van der Waals surface area contributed by atoms with E-state index in [1.54, 1.807) is 0 Å². The van der Waals surface area contributed by atoms with Crippen molar-refractivity contribution in [1.29, 1.82) is 0 Å². The SMILES string of the molecule is CCCCCCCCCN[C](=O)[Al]([Cl])[C](=O)NCCCCCCCC. The molecule has 0 aliphatic heterocycles. The smallest absolute Gasteiger partial charge is 0.370 e. The number of carbonyl (C=O) groups is 2. The molecule has 0 aliphatic carbocycles. The topological polar surface area (TPSA) is 58.2 Å². The number of amides is 2. The van der Waals surface area contributed by atoms with Crippen LogP contribution in [-0.2, 0) is 0 Å². The molecule has 146 valence electrons. The van der Waals surface area contributed by atoms with Gasteiger partial charge in [0.1, 0.15) is 0 Å².